The molecule has 0 spiro atoms. The number of nitrogens with one attached hydrogen (secondary N) is 1. The molecule has 3 aromatic rings. The zero-order valence-electron chi connectivity index (χ0n) is 16.4. The van der Waals surface area contributed by atoms with Gasteiger partial charge in [0.2, 0.25) is 10.0 Å². The minimum atomic E-state index is -3.59. The number of aryl methyl sites for hydroxylation is 1. The van der Waals surface area contributed by atoms with Crippen LogP contribution >= 0.6 is 11.3 Å². The number of para-hydroxylation sites is 2. The van der Waals surface area contributed by atoms with E-state index in [2.05, 4.69) is 10.3 Å². The largest absolute Gasteiger partial charge is 0.485 e. The van der Waals surface area contributed by atoms with Crippen LogP contribution in [-0.2, 0) is 23.7 Å². The molecule has 158 valence electrons. The van der Waals surface area contributed by atoms with E-state index < -0.39 is 15.9 Å². The smallest absolute Gasteiger partial charge is 0.272 e. The Morgan fingerprint density at radius 2 is 2.03 bits per heavy atom. The monoisotopic (exact) mass is 446 g/mol. The Labute approximate surface area is 179 Å². The van der Waals surface area contributed by atoms with Crippen LogP contribution in [0.3, 0.4) is 0 Å². The predicted molar refractivity (Wildman–Crippen MR) is 114 cm³/mol. The van der Waals surface area contributed by atoms with Gasteiger partial charge in [0.25, 0.3) is 5.91 Å². The summed E-state index contributed by atoms with van der Waals surface area (Å²) in [7, 11) is -1.93. The highest BCUT2D eigenvalue weighted by molar-refractivity contribution is 7.89. The van der Waals surface area contributed by atoms with Gasteiger partial charge in [0.1, 0.15) is 22.9 Å². The number of thiazole rings is 1. The lowest BCUT2D eigenvalue weighted by Gasteiger charge is -2.13. The van der Waals surface area contributed by atoms with Gasteiger partial charge in [0, 0.05) is 31.7 Å². The molecule has 1 amide bonds. The Hall–Kier alpha value is -2.69. The third-order valence-corrected chi connectivity index (χ3v) is 7.41. The van der Waals surface area contributed by atoms with Gasteiger partial charge in [-0.15, -0.1) is 11.3 Å². The molecular formula is C20H22N4O4S2. The molecule has 3 heterocycles. The normalized spacial score (nSPS) is 14.7. The average Bonchev–Trinajstić information content (AvgIpc) is 3.49. The molecule has 1 N–H and O–H groups in total. The van der Waals surface area contributed by atoms with Gasteiger partial charge >= 0.3 is 0 Å². The lowest BCUT2D eigenvalue weighted by Crippen LogP contribution is -2.27. The molecule has 1 aliphatic rings. The summed E-state index contributed by atoms with van der Waals surface area (Å²) in [5.74, 6) is 0.100. The van der Waals surface area contributed by atoms with Crippen molar-refractivity contribution in [3.05, 3.63) is 58.8 Å². The van der Waals surface area contributed by atoms with E-state index >= 15 is 0 Å². The summed E-state index contributed by atoms with van der Waals surface area (Å²) < 4.78 is 34.4. The number of hydrogen-bond donors (Lipinski definition) is 1. The molecule has 30 heavy (non-hydrogen) atoms. The van der Waals surface area contributed by atoms with Crippen LogP contribution in [0.15, 0.2) is 52.3 Å². The van der Waals surface area contributed by atoms with Crippen LogP contribution in [-0.4, -0.2) is 41.3 Å². The minimum Gasteiger partial charge on any atom is -0.485 e. The topological polar surface area (TPSA) is 93.5 Å². The zero-order valence-corrected chi connectivity index (χ0v) is 18.1. The minimum absolute atomic E-state index is 0.130. The number of ether oxygens (including phenoxy) is 1. The lowest BCUT2D eigenvalue weighted by molar-refractivity contribution is 0.101. The highest BCUT2D eigenvalue weighted by Crippen LogP contribution is 2.27. The van der Waals surface area contributed by atoms with Gasteiger partial charge in [0.05, 0.1) is 16.9 Å². The Morgan fingerprint density at radius 3 is 2.77 bits per heavy atom. The Morgan fingerprint density at radius 1 is 1.27 bits per heavy atom. The molecule has 8 nitrogen and oxygen atoms in total. The van der Waals surface area contributed by atoms with E-state index in [1.165, 1.54) is 32.5 Å². The summed E-state index contributed by atoms with van der Waals surface area (Å²) in [6.45, 7) is 1.32. The van der Waals surface area contributed by atoms with Crippen molar-refractivity contribution in [3.63, 3.8) is 0 Å². The van der Waals surface area contributed by atoms with Crippen LogP contribution < -0.4 is 10.1 Å². The van der Waals surface area contributed by atoms with Crippen molar-refractivity contribution in [1.29, 1.82) is 0 Å². The van der Waals surface area contributed by atoms with Gasteiger partial charge in [-0.1, -0.05) is 12.1 Å². The van der Waals surface area contributed by atoms with E-state index in [0.29, 0.717) is 31.1 Å². The summed E-state index contributed by atoms with van der Waals surface area (Å²) in [4.78, 5) is 17.2. The maximum absolute atomic E-state index is 12.9. The highest BCUT2D eigenvalue weighted by atomic mass is 32.2. The number of anilines is 1. The zero-order chi connectivity index (χ0) is 21.1. The van der Waals surface area contributed by atoms with E-state index in [1.54, 1.807) is 30.8 Å². The molecule has 0 atom stereocenters. The number of amides is 1. The Balaban J connectivity index is 1.51. The van der Waals surface area contributed by atoms with Gasteiger partial charge in [-0.3, -0.25) is 4.79 Å². The molecule has 0 saturated carbocycles. The first-order valence-electron chi connectivity index (χ1n) is 9.52. The third-order valence-electron chi connectivity index (χ3n) is 4.91. The fourth-order valence-corrected chi connectivity index (χ4v) is 5.45. The number of nitrogens with zero attached hydrogens (tertiary/aromatic N) is 3. The predicted octanol–water partition coefficient (Wildman–Crippen LogP) is 3.10. The fraction of sp³-hybridized carbons (Fsp3) is 0.300. The molecule has 4 rings (SSSR count). The Bertz CT molecular complexity index is 1130. The summed E-state index contributed by atoms with van der Waals surface area (Å²) in [5.41, 5.74) is 3.29. The van der Waals surface area contributed by atoms with E-state index in [-0.39, 0.29) is 10.6 Å². The fourth-order valence-electron chi connectivity index (χ4n) is 3.32. The summed E-state index contributed by atoms with van der Waals surface area (Å²) in [6, 6.07) is 8.52. The number of carbonyl (C=O) groups excluding carboxylic acids is 1. The quantitative estimate of drug-likeness (QED) is 0.602. The molecule has 1 fully saturated rings. The summed E-state index contributed by atoms with van der Waals surface area (Å²) in [5, 5.41) is 4.72. The second-order valence-electron chi connectivity index (χ2n) is 7.00. The molecule has 1 aliphatic heterocycles. The standard InChI is InChI=1S/C20H22N4O4S2/c1-23-11-16(30(26,27)24-8-4-5-9-24)10-18(23)20(25)22-17-6-2-3-7-19(17)28-12-15-13-29-14-21-15/h2-3,6-7,10-11,13-14H,4-5,8-9,12H2,1H3,(H,22,25). The SMILES string of the molecule is Cn1cc(S(=O)(=O)N2CCCC2)cc1C(=O)Nc1ccccc1OCc1cscn1. The van der Waals surface area contributed by atoms with Gasteiger partial charge in [0.15, 0.2) is 0 Å². The lowest BCUT2D eigenvalue weighted by atomic mass is 10.2. The number of aromatic nitrogens is 2. The van der Waals surface area contributed by atoms with E-state index in [0.717, 1.165) is 18.5 Å². The maximum atomic E-state index is 12.9. The van der Waals surface area contributed by atoms with Gasteiger partial charge in [-0.25, -0.2) is 13.4 Å². The summed E-state index contributed by atoms with van der Waals surface area (Å²) >= 11 is 1.49. The highest BCUT2D eigenvalue weighted by Gasteiger charge is 2.29. The van der Waals surface area contributed by atoms with Crippen molar-refractivity contribution in [2.75, 3.05) is 18.4 Å². The first kappa shape index (κ1) is 20.6. The second kappa shape index (κ2) is 8.58. The van der Waals surface area contributed by atoms with Crippen LogP contribution in [0, 0.1) is 0 Å². The van der Waals surface area contributed by atoms with Gasteiger partial charge < -0.3 is 14.6 Å². The molecule has 0 unspecified atom stereocenters. The number of carbonyl (C=O) groups is 1. The molecule has 0 radical (unpaired) electrons. The van der Waals surface area contributed by atoms with Crippen molar-refractivity contribution < 1.29 is 17.9 Å². The van der Waals surface area contributed by atoms with Gasteiger partial charge in [-0.05, 0) is 31.0 Å². The van der Waals surface area contributed by atoms with Crippen molar-refractivity contribution in [1.82, 2.24) is 13.9 Å². The summed E-state index contributed by atoms with van der Waals surface area (Å²) in [6.07, 6.45) is 3.20. The number of sulfonamides is 1. The number of rotatable bonds is 7. The van der Waals surface area contributed by atoms with Crippen LogP contribution in [0.4, 0.5) is 5.69 Å². The average molecular weight is 447 g/mol. The van der Waals surface area contributed by atoms with Crippen molar-refractivity contribution in [3.8, 4) is 5.75 Å². The Kier molecular flexibility index (Phi) is 5.89. The molecule has 1 saturated heterocycles. The van der Waals surface area contributed by atoms with Crippen molar-refractivity contribution in [2.45, 2.75) is 24.3 Å². The molecule has 1 aromatic carbocycles. The molecule has 2 aromatic heterocycles. The number of hydrogen-bond acceptors (Lipinski definition) is 6. The van der Waals surface area contributed by atoms with E-state index in [1.807, 2.05) is 11.4 Å². The van der Waals surface area contributed by atoms with E-state index in [9.17, 15) is 13.2 Å². The second-order valence-corrected chi connectivity index (χ2v) is 9.66. The number of benzene rings is 1. The van der Waals surface area contributed by atoms with E-state index in [4.69, 9.17) is 4.74 Å². The van der Waals surface area contributed by atoms with Crippen molar-refractivity contribution in [2.24, 2.45) is 7.05 Å². The first-order valence-corrected chi connectivity index (χ1v) is 11.9. The van der Waals surface area contributed by atoms with Crippen LogP contribution in [0.25, 0.3) is 0 Å². The maximum Gasteiger partial charge on any atom is 0.272 e. The van der Waals surface area contributed by atoms with Crippen LogP contribution in [0.1, 0.15) is 29.0 Å². The van der Waals surface area contributed by atoms with Crippen LogP contribution in [0.2, 0.25) is 0 Å². The van der Waals surface area contributed by atoms with Gasteiger partial charge in [-0.2, -0.15) is 4.31 Å². The molecule has 10 heteroatoms. The van der Waals surface area contributed by atoms with Crippen molar-refractivity contribution >= 4 is 33.0 Å². The van der Waals surface area contributed by atoms with Crippen LogP contribution in [0.5, 0.6) is 5.75 Å². The molecule has 0 aliphatic carbocycles. The first-order chi connectivity index (χ1) is 14.4. The molecule has 0 bridgehead atoms. The third kappa shape index (κ3) is 4.25. The molecular weight excluding hydrogens is 424 g/mol.